The number of hydrogen-bond acceptors (Lipinski definition) is 0. The topological polar surface area (TPSA) is 0 Å². The second-order valence-electron chi connectivity index (χ2n) is 6.15. The SMILES string of the molecule is CCCc1ccc[c-]1CCC.CCCc1ccc[c-]1CCC.[Mg+2]. The third-order valence-corrected chi connectivity index (χ3v) is 4.09. The van der Waals surface area contributed by atoms with E-state index >= 15 is 0 Å². The van der Waals surface area contributed by atoms with Crippen molar-refractivity contribution < 1.29 is 0 Å². The van der Waals surface area contributed by atoms with Gasteiger partial charge < -0.3 is 0 Å². The molecule has 0 aliphatic heterocycles. The molecule has 0 amide bonds. The summed E-state index contributed by atoms with van der Waals surface area (Å²) in [7, 11) is 0. The Labute approximate surface area is 160 Å². The second-order valence-corrected chi connectivity index (χ2v) is 6.15. The summed E-state index contributed by atoms with van der Waals surface area (Å²) in [6.45, 7) is 8.96. The third kappa shape index (κ3) is 8.22. The molecule has 0 N–H and O–H groups in total. The molecule has 0 saturated heterocycles. The molecule has 0 heterocycles. The molecule has 0 aromatic heterocycles. The van der Waals surface area contributed by atoms with Crippen molar-refractivity contribution in [2.45, 2.75) is 79.1 Å². The van der Waals surface area contributed by atoms with Gasteiger partial charge in [-0.15, -0.1) is 0 Å². The van der Waals surface area contributed by atoms with E-state index in [1.807, 2.05) is 0 Å². The van der Waals surface area contributed by atoms with Crippen LogP contribution < -0.4 is 0 Å². The van der Waals surface area contributed by atoms with E-state index in [1.165, 1.54) is 51.4 Å². The molecule has 2 rings (SSSR count). The van der Waals surface area contributed by atoms with Crippen molar-refractivity contribution in [2.24, 2.45) is 0 Å². The molecule has 0 radical (unpaired) electrons. The fraction of sp³-hybridized carbons (Fsp3) is 0.545. The average molecular weight is 323 g/mol. The summed E-state index contributed by atoms with van der Waals surface area (Å²) < 4.78 is 0. The minimum absolute atomic E-state index is 0. The first-order valence-electron chi connectivity index (χ1n) is 9.23. The smallest absolute Gasteiger partial charge is 0.213 e. The van der Waals surface area contributed by atoms with E-state index in [-0.39, 0.29) is 23.1 Å². The van der Waals surface area contributed by atoms with Gasteiger partial charge in [-0.3, -0.25) is 0 Å². The largest absolute Gasteiger partial charge is 2.00 e. The minimum atomic E-state index is 0. The minimum Gasteiger partial charge on any atom is -0.213 e. The van der Waals surface area contributed by atoms with E-state index in [4.69, 9.17) is 0 Å². The number of aryl methyl sites for hydroxylation is 4. The summed E-state index contributed by atoms with van der Waals surface area (Å²) in [6, 6.07) is 13.4. The van der Waals surface area contributed by atoms with Crippen LogP contribution in [0.5, 0.6) is 0 Å². The third-order valence-electron chi connectivity index (χ3n) is 4.09. The number of rotatable bonds is 8. The maximum Gasteiger partial charge on any atom is 2.00 e. The molecule has 0 saturated carbocycles. The van der Waals surface area contributed by atoms with E-state index in [2.05, 4.69) is 64.1 Å². The van der Waals surface area contributed by atoms with Crippen molar-refractivity contribution >= 4 is 23.1 Å². The molecule has 124 valence electrons. The van der Waals surface area contributed by atoms with Crippen LogP contribution in [0.2, 0.25) is 0 Å². The summed E-state index contributed by atoms with van der Waals surface area (Å²) >= 11 is 0. The normalized spacial score (nSPS) is 9.91. The Bertz CT molecular complexity index is 402. The summed E-state index contributed by atoms with van der Waals surface area (Å²) in [5, 5.41) is 0. The Kier molecular flexibility index (Phi) is 13.5. The van der Waals surface area contributed by atoms with Crippen molar-refractivity contribution in [3.8, 4) is 0 Å². The van der Waals surface area contributed by atoms with Crippen molar-refractivity contribution in [3.05, 3.63) is 58.7 Å². The van der Waals surface area contributed by atoms with Gasteiger partial charge in [0, 0.05) is 0 Å². The zero-order valence-electron chi connectivity index (χ0n) is 15.8. The molecule has 0 spiro atoms. The molecule has 0 unspecified atom stereocenters. The van der Waals surface area contributed by atoms with E-state index in [9.17, 15) is 0 Å². The van der Waals surface area contributed by atoms with Crippen LogP contribution in [-0.4, -0.2) is 23.1 Å². The predicted molar refractivity (Wildman–Crippen MR) is 106 cm³/mol. The van der Waals surface area contributed by atoms with Crippen LogP contribution in [0, 0.1) is 0 Å². The fourth-order valence-corrected chi connectivity index (χ4v) is 3.04. The molecule has 2 aromatic carbocycles. The quantitative estimate of drug-likeness (QED) is 0.398. The monoisotopic (exact) mass is 322 g/mol. The second kappa shape index (κ2) is 13.9. The van der Waals surface area contributed by atoms with Crippen molar-refractivity contribution in [1.29, 1.82) is 0 Å². The maximum absolute atomic E-state index is 2.26. The van der Waals surface area contributed by atoms with Gasteiger partial charge in [0.1, 0.15) is 0 Å². The zero-order valence-corrected chi connectivity index (χ0v) is 17.2. The Morgan fingerprint density at radius 2 is 1.04 bits per heavy atom. The maximum atomic E-state index is 2.26. The van der Waals surface area contributed by atoms with Gasteiger partial charge in [-0.2, -0.15) is 34.4 Å². The summed E-state index contributed by atoms with van der Waals surface area (Å²) in [5.74, 6) is 0. The van der Waals surface area contributed by atoms with Crippen LogP contribution in [-0.2, 0) is 25.7 Å². The molecule has 1 heteroatoms. The van der Waals surface area contributed by atoms with Gasteiger partial charge in [0.15, 0.2) is 0 Å². The molecule has 0 aliphatic rings. The van der Waals surface area contributed by atoms with Crippen molar-refractivity contribution in [2.75, 3.05) is 0 Å². The van der Waals surface area contributed by atoms with Gasteiger partial charge in [-0.25, -0.2) is 24.3 Å². The van der Waals surface area contributed by atoms with E-state index in [0.29, 0.717) is 0 Å². The summed E-state index contributed by atoms with van der Waals surface area (Å²) in [5.41, 5.74) is 6.26. The van der Waals surface area contributed by atoms with Crippen molar-refractivity contribution in [3.63, 3.8) is 0 Å². The van der Waals surface area contributed by atoms with E-state index in [1.54, 1.807) is 22.3 Å². The summed E-state index contributed by atoms with van der Waals surface area (Å²) in [6.07, 6.45) is 10.1. The van der Waals surface area contributed by atoms with Gasteiger partial charge in [-0.05, 0) is 0 Å². The first kappa shape index (κ1) is 22.5. The molecule has 2 aromatic rings. The van der Waals surface area contributed by atoms with Gasteiger partial charge >= 0.3 is 23.1 Å². The molecule has 0 aliphatic carbocycles. The molecular formula is C22H34Mg. The first-order chi connectivity index (χ1) is 10.8. The molecule has 0 fully saturated rings. The van der Waals surface area contributed by atoms with Gasteiger partial charge in [0.2, 0.25) is 0 Å². The van der Waals surface area contributed by atoms with Crippen LogP contribution >= 0.6 is 0 Å². The van der Waals surface area contributed by atoms with Crippen LogP contribution in [0.3, 0.4) is 0 Å². The first-order valence-corrected chi connectivity index (χ1v) is 9.23. The van der Waals surface area contributed by atoms with Gasteiger partial charge in [0.25, 0.3) is 0 Å². The molecule has 0 nitrogen and oxygen atoms in total. The Hall–Kier alpha value is -0.534. The van der Waals surface area contributed by atoms with Crippen LogP contribution in [0.1, 0.15) is 75.6 Å². The predicted octanol–water partition coefficient (Wildman–Crippen LogP) is 6.24. The summed E-state index contributed by atoms with van der Waals surface area (Å²) in [4.78, 5) is 0. The van der Waals surface area contributed by atoms with E-state index < -0.39 is 0 Å². The van der Waals surface area contributed by atoms with Crippen molar-refractivity contribution in [1.82, 2.24) is 0 Å². The van der Waals surface area contributed by atoms with Gasteiger partial charge in [-0.1, -0.05) is 79.1 Å². The Morgan fingerprint density at radius 3 is 1.35 bits per heavy atom. The van der Waals surface area contributed by atoms with Crippen LogP contribution in [0.15, 0.2) is 36.4 Å². The molecular weight excluding hydrogens is 289 g/mol. The van der Waals surface area contributed by atoms with Crippen LogP contribution in [0.4, 0.5) is 0 Å². The molecule has 0 atom stereocenters. The zero-order chi connectivity index (χ0) is 16.2. The van der Waals surface area contributed by atoms with Gasteiger partial charge in [0.05, 0.1) is 0 Å². The standard InChI is InChI=1S/2C11H17.Mg/c2*1-3-6-10-8-5-9-11(10)7-4-2;/h2*5,8-9H,3-4,6-7H2,1-2H3;/q2*-1;+2. The molecule has 0 bridgehead atoms. The number of hydrogen-bond donors (Lipinski definition) is 0. The van der Waals surface area contributed by atoms with E-state index in [0.717, 1.165) is 0 Å². The fourth-order valence-electron chi connectivity index (χ4n) is 3.04. The Morgan fingerprint density at radius 1 is 0.652 bits per heavy atom. The molecule has 23 heavy (non-hydrogen) atoms. The van der Waals surface area contributed by atoms with Crippen LogP contribution in [0.25, 0.3) is 0 Å². The average Bonchev–Trinajstić information content (AvgIpc) is 3.12. The Balaban J connectivity index is 0.000000403.